The molecule has 2 aromatic rings. The van der Waals surface area contributed by atoms with Gasteiger partial charge in [0.25, 0.3) is 6.43 Å². The highest BCUT2D eigenvalue weighted by atomic mass is 19.3. The highest BCUT2D eigenvalue weighted by Crippen LogP contribution is 2.34. The number of rotatable bonds is 5. The zero-order valence-corrected chi connectivity index (χ0v) is 16.4. The number of aromatic nitrogens is 1. The molecule has 0 radical (unpaired) electrons. The number of hydrogen-bond donors (Lipinski definition) is 2. The maximum absolute atomic E-state index is 13.4. The molecular formula is C21H26F2N4O2. The van der Waals surface area contributed by atoms with Gasteiger partial charge in [-0.1, -0.05) is 6.92 Å². The Morgan fingerprint density at radius 3 is 2.79 bits per heavy atom. The zero-order chi connectivity index (χ0) is 20.5. The molecule has 2 unspecified atom stereocenters. The molecule has 8 heteroatoms. The second-order valence-electron chi connectivity index (χ2n) is 8.23. The number of aliphatic hydroxyl groups is 1. The van der Waals surface area contributed by atoms with Gasteiger partial charge in [0.15, 0.2) is 0 Å². The summed E-state index contributed by atoms with van der Waals surface area (Å²) in [5.41, 5.74) is 1.14. The number of benzene rings is 1. The van der Waals surface area contributed by atoms with Crippen molar-refractivity contribution in [3.05, 3.63) is 36.0 Å². The van der Waals surface area contributed by atoms with Gasteiger partial charge in [0, 0.05) is 55.1 Å². The predicted octanol–water partition coefficient (Wildman–Crippen LogP) is 2.18. The second-order valence-corrected chi connectivity index (χ2v) is 8.23. The normalized spacial score (nSPS) is 23.4. The Morgan fingerprint density at radius 2 is 2.07 bits per heavy atom. The number of alkyl halides is 2. The third-order valence-corrected chi connectivity index (χ3v) is 5.68. The van der Waals surface area contributed by atoms with E-state index in [-0.39, 0.29) is 30.2 Å². The predicted molar refractivity (Wildman–Crippen MR) is 107 cm³/mol. The summed E-state index contributed by atoms with van der Waals surface area (Å²) in [5, 5.41) is 13.2. The van der Waals surface area contributed by atoms with Gasteiger partial charge >= 0.3 is 0 Å². The van der Waals surface area contributed by atoms with Crippen LogP contribution in [0.15, 0.2) is 30.5 Å². The number of nitrogens with zero attached hydrogens (tertiary/aromatic N) is 3. The van der Waals surface area contributed by atoms with Gasteiger partial charge in [0.1, 0.15) is 0 Å². The summed E-state index contributed by atoms with van der Waals surface area (Å²) in [7, 11) is 0. The summed E-state index contributed by atoms with van der Waals surface area (Å²) < 4.78 is 26.8. The van der Waals surface area contributed by atoms with Gasteiger partial charge in [0.05, 0.1) is 18.2 Å². The highest BCUT2D eigenvalue weighted by molar-refractivity contribution is 5.94. The van der Waals surface area contributed by atoms with Crippen LogP contribution in [0, 0.1) is 5.92 Å². The van der Waals surface area contributed by atoms with Gasteiger partial charge in [-0.25, -0.2) is 8.78 Å². The first kappa shape index (κ1) is 20.0. The van der Waals surface area contributed by atoms with Crippen molar-refractivity contribution in [2.24, 2.45) is 5.92 Å². The summed E-state index contributed by atoms with van der Waals surface area (Å²) in [6.45, 7) is 4.91. The molecule has 0 spiro atoms. The second kappa shape index (κ2) is 8.20. The number of anilines is 1. The van der Waals surface area contributed by atoms with E-state index in [0.717, 1.165) is 18.7 Å². The quantitative estimate of drug-likeness (QED) is 0.800. The molecule has 4 rings (SSSR count). The van der Waals surface area contributed by atoms with E-state index in [4.69, 9.17) is 0 Å². The average Bonchev–Trinajstić information content (AvgIpc) is 2.65. The number of aliphatic hydroxyl groups excluding tert-OH is 1. The maximum atomic E-state index is 13.4. The van der Waals surface area contributed by atoms with Crippen molar-refractivity contribution in [2.45, 2.75) is 31.9 Å². The van der Waals surface area contributed by atoms with Gasteiger partial charge in [-0.2, -0.15) is 0 Å². The Morgan fingerprint density at radius 1 is 1.28 bits per heavy atom. The smallest absolute Gasteiger partial charge is 0.265 e. The third kappa shape index (κ3) is 4.33. The number of hydrogen-bond acceptors (Lipinski definition) is 5. The summed E-state index contributed by atoms with van der Waals surface area (Å²) in [5.74, 6) is 0.303. The fourth-order valence-electron chi connectivity index (χ4n) is 4.43. The molecule has 29 heavy (non-hydrogen) atoms. The Balaban J connectivity index is 1.51. The fourth-order valence-corrected chi connectivity index (χ4v) is 4.43. The molecular weight excluding hydrogens is 378 g/mol. The Hall–Kier alpha value is -2.32. The molecule has 2 N–H and O–H groups in total. The monoisotopic (exact) mass is 404 g/mol. The van der Waals surface area contributed by atoms with E-state index in [1.807, 2.05) is 11.0 Å². The van der Waals surface area contributed by atoms with E-state index in [9.17, 15) is 18.7 Å². The standard InChI is InChI=1S/C21H26F2N4O2/c1-13-7-14(25-19(29)12-26-10-15(28)11-26)9-27(8-13)18-5-4-17(21(22)23)20-16(18)3-2-6-24-20/h2-6,13-15,21,28H,7-12H2,1H3,(H,25,29). The van der Waals surface area contributed by atoms with Gasteiger partial charge in [0.2, 0.25) is 5.91 Å². The molecule has 1 aromatic heterocycles. The molecule has 0 bridgehead atoms. The summed E-state index contributed by atoms with van der Waals surface area (Å²) in [6.07, 6.45) is -0.497. The largest absolute Gasteiger partial charge is 0.390 e. The zero-order valence-electron chi connectivity index (χ0n) is 16.4. The van der Waals surface area contributed by atoms with Crippen molar-refractivity contribution in [2.75, 3.05) is 37.6 Å². The molecule has 0 saturated carbocycles. The van der Waals surface area contributed by atoms with Crippen LogP contribution in [0.1, 0.15) is 25.3 Å². The van der Waals surface area contributed by atoms with Crippen LogP contribution in [0.2, 0.25) is 0 Å². The molecule has 1 aromatic carbocycles. The third-order valence-electron chi connectivity index (χ3n) is 5.68. The van der Waals surface area contributed by atoms with Gasteiger partial charge in [-0.05, 0) is 36.6 Å². The number of fused-ring (bicyclic) bond motifs is 1. The Bertz CT molecular complexity index is 888. The molecule has 156 valence electrons. The average molecular weight is 404 g/mol. The lowest BCUT2D eigenvalue weighted by atomic mass is 9.94. The minimum absolute atomic E-state index is 0.0149. The highest BCUT2D eigenvalue weighted by Gasteiger charge is 2.30. The van der Waals surface area contributed by atoms with Crippen molar-refractivity contribution in [1.29, 1.82) is 0 Å². The van der Waals surface area contributed by atoms with Crippen molar-refractivity contribution < 1.29 is 18.7 Å². The van der Waals surface area contributed by atoms with Crippen LogP contribution in [-0.4, -0.2) is 65.8 Å². The van der Waals surface area contributed by atoms with Crippen LogP contribution in [0.25, 0.3) is 10.9 Å². The molecule has 0 aliphatic carbocycles. The molecule has 2 aliphatic rings. The van der Waals surface area contributed by atoms with E-state index in [1.54, 1.807) is 12.1 Å². The molecule has 1 amide bonds. The van der Waals surface area contributed by atoms with Crippen LogP contribution in [-0.2, 0) is 4.79 Å². The molecule has 3 heterocycles. The summed E-state index contributed by atoms with van der Waals surface area (Å²) >= 11 is 0. The number of piperidine rings is 1. The van der Waals surface area contributed by atoms with Crippen LogP contribution in [0.3, 0.4) is 0 Å². The molecule has 2 aliphatic heterocycles. The number of nitrogens with one attached hydrogen (secondary N) is 1. The van der Waals surface area contributed by atoms with Crippen molar-refractivity contribution in [3.63, 3.8) is 0 Å². The summed E-state index contributed by atoms with van der Waals surface area (Å²) in [6, 6.07) is 6.76. The molecule has 2 fully saturated rings. The van der Waals surface area contributed by atoms with Crippen LogP contribution >= 0.6 is 0 Å². The topological polar surface area (TPSA) is 68.7 Å². The van der Waals surface area contributed by atoms with Gasteiger partial charge < -0.3 is 15.3 Å². The number of likely N-dealkylation sites (tertiary alicyclic amines) is 1. The fraction of sp³-hybridized carbons (Fsp3) is 0.524. The molecule has 6 nitrogen and oxygen atoms in total. The van der Waals surface area contributed by atoms with Crippen molar-refractivity contribution in [3.8, 4) is 0 Å². The summed E-state index contributed by atoms with van der Waals surface area (Å²) in [4.78, 5) is 20.6. The Labute approximate surface area is 168 Å². The lowest BCUT2D eigenvalue weighted by Crippen LogP contribution is -2.56. The maximum Gasteiger partial charge on any atom is 0.265 e. The van der Waals surface area contributed by atoms with Crippen molar-refractivity contribution >= 4 is 22.5 Å². The van der Waals surface area contributed by atoms with E-state index in [0.29, 0.717) is 36.5 Å². The first-order chi connectivity index (χ1) is 13.9. The number of β-amino-alcohol motifs (C(OH)–C–C–N with tert-alkyl or cyclic N) is 1. The number of carbonyl (C=O) groups is 1. The van der Waals surface area contributed by atoms with Crippen LogP contribution in [0.5, 0.6) is 0 Å². The molecule has 2 saturated heterocycles. The van der Waals surface area contributed by atoms with E-state index < -0.39 is 6.43 Å². The lowest BCUT2D eigenvalue weighted by Gasteiger charge is -2.40. The van der Waals surface area contributed by atoms with Crippen LogP contribution in [0.4, 0.5) is 14.5 Å². The SMILES string of the molecule is CC1CC(NC(=O)CN2CC(O)C2)CN(c2ccc(C(F)F)c3ncccc23)C1. The van der Waals surface area contributed by atoms with E-state index in [2.05, 4.69) is 22.1 Å². The van der Waals surface area contributed by atoms with Gasteiger partial charge in [-0.3, -0.25) is 14.7 Å². The lowest BCUT2D eigenvalue weighted by molar-refractivity contribution is -0.125. The number of halogens is 2. The van der Waals surface area contributed by atoms with E-state index in [1.165, 1.54) is 12.3 Å². The first-order valence-electron chi connectivity index (χ1n) is 10.0. The van der Waals surface area contributed by atoms with Crippen LogP contribution < -0.4 is 10.2 Å². The number of pyridine rings is 1. The minimum Gasteiger partial charge on any atom is -0.390 e. The number of carbonyl (C=O) groups excluding carboxylic acids is 1. The van der Waals surface area contributed by atoms with E-state index >= 15 is 0 Å². The Kier molecular flexibility index (Phi) is 5.65. The van der Waals surface area contributed by atoms with Crippen molar-refractivity contribution in [1.82, 2.24) is 15.2 Å². The number of amides is 1. The first-order valence-corrected chi connectivity index (χ1v) is 10.0. The minimum atomic E-state index is -2.58. The van der Waals surface area contributed by atoms with Gasteiger partial charge in [-0.15, -0.1) is 0 Å². The molecule has 2 atom stereocenters.